The number of ether oxygens (including phenoxy) is 1. The van der Waals surface area contributed by atoms with Gasteiger partial charge in [0.2, 0.25) is 5.76 Å². The van der Waals surface area contributed by atoms with E-state index in [-0.39, 0.29) is 11.4 Å². The van der Waals surface area contributed by atoms with Gasteiger partial charge in [0, 0.05) is 27.9 Å². The van der Waals surface area contributed by atoms with Gasteiger partial charge in [-0.2, -0.15) is 0 Å². The third-order valence-electron chi connectivity index (χ3n) is 3.97. The number of furan rings is 1. The zero-order chi connectivity index (χ0) is 21.0. The molecule has 0 atom stereocenters. The molecule has 0 fully saturated rings. The van der Waals surface area contributed by atoms with Crippen LogP contribution in [0, 0.1) is 17.0 Å². The lowest BCUT2D eigenvalue weighted by atomic mass is 10.1. The van der Waals surface area contributed by atoms with Crippen molar-refractivity contribution >= 4 is 39.2 Å². The topological polar surface area (TPSA) is 112 Å². The van der Waals surface area contributed by atoms with E-state index in [1.54, 1.807) is 18.2 Å². The quantitative estimate of drug-likeness (QED) is 0.324. The van der Waals surface area contributed by atoms with Crippen LogP contribution in [0.1, 0.15) is 16.1 Å². The molecule has 0 aliphatic rings. The number of carbonyl (C=O) groups excluding carboxylic acids is 2. The summed E-state index contributed by atoms with van der Waals surface area (Å²) in [7, 11) is 0. The summed E-state index contributed by atoms with van der Waals surface area (Å²) in [5.74, 6) is -1.00. The second-order valence-corrected chi connectivity index (χ2v) is 6.97. The number of anilines is 1. The molecule has 0 unspecified atom stereocenters. The van der Waals surface area contributed by atoms with Gasteiger partial charge in [-0.3, -0.25) is 14.9 Å². The number of nitro groups is 1. The lowest BCUT2D eigenvalue weighted by molar-refractivity contribution is -0.384. The molecule has 1 heterocycles. The molecule has 9 heteroatoms. The van der Waals surface area contributed by atoms with Gasteiger partial charge in [0.15, 0.2) is 6.61 Å². The van der Waals surface area contributed by atoms with Crippen LogP contribution < -0.4 is 5.32 Å². The maximum atomic E-state index is 12.1. The summed E-state index contributed by atoms with van der Waals surface area (Å²) in [6, 6.07) is 14.0. The molecule has 3 aromatic rings. The summed E-state index contributed by atoms with van der Waals surface area (Å²) in [5, 5.41) is 13.4. The molecule has 0 spiro atoms. The largest absolute Gasteiger partial charge is 0.450 e. The molecule has 0 bridgehead atoms. The number of nitrogens with zero attached hydrogens (tertiary/aromatic N) is 1. The summed E-state index contributed by atoms with van der Waals surface area (Å²) in [4.78, 5) is 34.3. The van der Waals surface area contributed by atoms with Crippen LogP contribution in [-0.2, 0) is 9.53 Å². The Morgan fingerprint density at radius 1 is 1.14 bits per heavy atom. The molecule has 8 nitrogen and oxygen atoms in total. The first-order valence-corrected chi connectivity index (χ1v) is 9.20. The minimum atomic E-state index is -0.791. The fourth-order valence-electron chi connectivity index (χ4n) is 2.51. The van der Waals surface area contributed by atoms with Gasteiger partial charge in [0.1, 0.15) is 5.76 Å². The Bertz CT molecular complexity index is 1070. The second kappa shape index (κ2) is 8.70. The number of carbonyl (C=O) groups is 2. The monoisotopic (exact) mass is 458 g/mol. The molecule has 0 aliphatic carbocycles. The highest BCUT2D eigenvalue weighted by molar-refractivity contribution is 9.10. The molecule has 1 N–H and O–H groups in total. The molecule has 0 radical (unpaired) electrons. The number of halogens is 1. The van der Waals surface area contributed by atoms with Crippen molar-refractivity contribution in [3.63, 3.8) is 0 Å². The van der Waals surface area contributed by atoms with E-state index in [1.807, 2.05) is 13.0 Å². The highest BCUT2D eigenvalue weighted by Gasteiger charge is 2.16. The molecule has 1 aromatic heterocycles. The van der Waals surface area contributed by atoms with Crippen molar-refractivity contribution in [1.82, 2.24) is 0 Å². The molecule has 0 saturated heterocycles. The predicted molar refractivity (Wildman–Crippen MR) is 109 cm³/mol. The molecular formula is C20H15BrN2O6. The van der Waals surface area contributed by atoms with Crippen LogP contribution in [0.15, 0.2) is 63.5 Å². The zero-order valence-corrected chi connectivity index (χ0v) is 16.8. The molecule has 3 rings (SSSR count). The lowest BCUT2D eigenvalue weighted by Gasteiger charge is -2.08. The Balaban J connectivity index is 1.58. The zero-order valence-electron chi connectivity index (χ0n) is 15.2. The highest BCUT2D eigenvalue weighted by Crippen LogP contribution is 2.25. The van der Waals surface area contributed by atoms with Gasteiger partial charge >= 0.3 is 5.97 Å². The van der Waals surface area contributed by atoms with Crippen molar-refractivity contribution < 1.29 is 23.7 Å². The molecule has 1 amide bonds. The first-order valence-electron chi connectivity index (χ1n) is 8.41. The van der Waals surface area contributed by atoms with E-state index in [0.29, 0.717) is 17.0 Å². The lowest BCUT2D eigenvalue weighted by Crippen LogP contribution is -2.21. The molecule has 0 aliphatic heterocycles. The Labute approximate surface area is 173 Å². The summed E-state index contributed by atoms with van der Waals surface area (Å²) in [5.41, 5.74) is 2.00. The van der Waals surface area contributed by atoms with Crippen LogP contribution >= 0.6 is 15.9 Å². The van der Waals surface area contributed by atoms with Gasteiger partial charge < -0.3 is 14.5 Å². The van der Waals surface area contributed by atoms with Gasteiger partial charge in [0.25, 0.3) is 11.6 Å². The maximum Gasteiger partial charge on any atom is 0.374 e. The second-order valence-electron chi connectivity index (χ2n) is 6.05. The van der Waals surface area contributed by atoms with Crippen molar-refractivity contribution in [2.24, 2.45) is 0 Å². The van der Waals surface area contributed by atoms with Crippen LogP contribution in [0.5, 0.6) is 0 Å². The van der Waals surface area contributed by atoms with E-state index in [1.165, 1.54) is 30.3 Å². The Kier molecular flexibility index (Phi) is 6.08. The molecular weight excluding hydrogens is 444 g/mol. The summed E-state index contributed by atoms with van der Waals surface area (Å²) < 4.78 is 11.3. The summed E-state index contributed by atoms with van der Waals surface area (Å²) in [6.45, 7) is 1.37. The van der Waals surface area contributed by atoms with Crippen molar-refractivity contribution in [2.45, 2.75) is 6.92 Å². The van der Waals surface area contributed by atoms with E-state index >= 15 is 0 Å². The fraction of sp³-hybridized carbons (Fsp3) is 0.100. The molecule has 29 heavy (non-hydrogen) atoms. The third-order valence-corrected chi connectivity index (χ3v) is 4.46. The van der Waals surface area contributed by atoms with Crippen LogP contribution in [-0.4, -0.2) is 23.4 Å². The van der Waals surface area contributed by atoms with Gasteiger partial charge in [-0.05, 0) is 55.0 Å². The van der Waals surface area contributed by atoms with E-state index < -0.39 is 23.4 Å². The van der Waals surface area contributed by atoms with Crippen LogP contribution in [0.2, 0.25) is 0 Å². The van der Waals surface area contributed by atoms with Crippen LogP contribution in [0.25, 0.3) is 11.3 Å². The fourth-order valence-corrected chi connectivity index (χ4v) is 2.98. The molecule has 148 valence electrons. The van der Waals surface area contributed by atoms with Crippen molar-refractivity contribution in [2.75, 3.05) is 11.9 Å². The van der Waals surface area contributed by atoms with Gasteiger partial charge in [-0.25, -0.2) is 4.79 Å². The van der Waals surface area contributed by atoms with E-state index in [4.69, 9.17) is 9.15 Å². The number of aryl methyl sites for hydroxylation is 1. The maximum absolute atomic E-state index is 12.1. The minimum Gasteiger partial charge on any atom is -0.450 e. The number of esters is 1. The normalized spacial score (nSPS) is 10.4. The van der Waals surface area contributed by atoms with E-state index in [2.05, 4.69) is 21.2 Å². The Morgan fingerprint density at radius 3 is 2.52 bits per heavy atom. The van der Waals surface area contributed by atoms with Gasteiger partial charge in [0.05, 0.1) is 4.92 Å². The number of non-ortho nitro benzene ring substituents is 1. The average Bonchev–Trinajstić information content (AvgIpc) is 3.19. The number of amides is 1. The summed E-state index contributed by atoms with van der Waals surface area (Å²) >= 11 is 3.34. The first-order chi connectivity index (χ1) is 13.8. The standard InChI is InChI=1S/C20H15BrN2O6/c1-12-10-14(21)4-7-16(12)22-19(24)11-28-20(25)18-9-8-17(29-18)13-2-5-15(6-3-13)23(26)27/h2-10H,11H2,1H3,(H,22,24). The summed E-state index contributed by atoms with van der Waals surface area (Å²) in [6.07, 6.45) is 0. The Morgan fingerprint density at radius 2 is 1.86 bits per heavy atom. The highest BCUT2D eigenvalue weighted by atomic mass is 79.9. The van der Waals surface area contributed by atoms with Crippen molar-refractivity contribution in [3.05, 3.63) is 80.5 Å². The van der Waals surface area contributed by atoms with Crippen molar-refractivity contribution in [3.8, 4) is 11.3 Å². The number of hydrogen-bond donors (Lipinski definition) is 1. The number of hydrogen-bond acceptors (Lipinski definition) is 6. The molecule has 0 saturated carbocycles. The number of benzene rings is 2. The molecule has 2 aromatic carbocycles. The first kappa shape index (κ1) is 20.3. The average molecular weight is 459 g/mol. The Hall–Kier alpha value is -3.46. The minimum absolute atomic E-state index is 0.0491. The van der Waals surface area contributed by atoms with Crippen LogP contribution in [0.4, 0.5) is 11.4 Å². The third kappa shape index (κ3) is 5.08. The van der Waals surface area contributed by atoms with Crippen LogP contribution in [0.3, 0.4) is 0 Å². The van der Waals surface area contributed by atoms with Crippen molar-refractivity contribution in [1.29, 1.82) is 0 Å². The number of rotatable bonds is 6. The number of nitro benzene ring substituents is 1. The van der Waals surface area contributed by atoms with Gasteiger partial charge in [-0.1, -0.05) is 15.9 Å². The number of nitrogens with one attached hydrogen (secondary N) is 1. The van der Waals surface area contributed by atoms with E-state index in [9.17, 15) is 19.7 Å². The van der Waals surface area contributed by atoms with E-state index in [0.717, 1.165) is 10.0 Å². The smallest absolute Gasteiger partial charge is 0.374 e. The SMILES string of the molecule is Cc1cc(Br)ccc1NC(=O)COC(=O)c1ccc(-c2ccc([N+](=O)[O-])cc2)o1. The predicted octanol–water partition coefficient (Wildman–Crippen LogP) is 4.72. The van der Waals surface area contributed by atoms with Gasteiger partial charge in [-0.15, -0.1) is 0 Å².